The Morgan fingerprint density at radius 2 is 1.46 bits per heavy atom. The molecule has 0 aliphatic carbocycles. The first kappa shape index (κ1) is 12.2. The second-order valence-electron chi connectivity index (χ2n) is 4.89. The summed E-state index contributed by atoms with van der Waals surface area (Å²) in [5.41, 5.74) is 3.97. The molecule has 0 aromatic heterocycles. The van der Waals surface area contributed by atoms with Crippen LogP contribution in [-0.4, -0.2) is 0 Å². The third kappa shape index (κ3) is 5.46. The lowest BCUT2D eigenvalue weighted by atomic mass is 9.86. The molecule has 0 saturated heterocycles. The van der Waals surface area contributed by atoms with E-state index in [1.807, 2.05) is 0 Å². The summed E-state index contributed by atoms with van der Waals surface area (Å²) in [5.74, 6) is 0. The summed E-state index contributed by atoms with van der Waals surface area (Å²) in [4.78, 5) is 0. The van der Waals surface area contributed by atoms with E-state index >= 15 is 0 Å². The maximum absolute atomic E-state index is 4.07. The monoisotopic (exact) mass is 178 g/mol. The molecule has 0 heterocycles. The molecule has 0 aliphatic heterocycles. The van der Waals surface area contributed by atoms with E-state index in [2.05, 4.69) is 60.3 Å². The molecule has 0 atom stereocenters. The molecule has 0 saturated carbocycles. The van der Waals surface area contributed by atoms with Gasteiger partial charge in [-0.25, -0.2) is 0 Å². The maximum Gasteiger partial charge on any atom is -0.0138 e. The fourth-order valence-corrected chi connectivity index (χ4v) is 0.988. The summed E-state index contributed by atoms with van der Waals surface area (Å²) in [5, 5.41) is 0. The van der Waals surface area contributed by atoms with Gasteiger partial charge in [0.05, 0.1) is 0 Å². The van der Waals surface area contributed by atoms with Crippen molar-refractivity contribution >= 4 is 0 Å². The van der Waals surface area contributed by atoms with E-state index < -0.39 is 0 Å². The Hall–Kier alpha value is -0.780. The Labute approximate surface area is 83.0 Å². The summed E-state index contributed by atoms with van der Waals surface area (Å²) in [6.07, 6.45) is 4.34. The topological polar surface area (TPSA) is 0 Å². The lowest BCUT2D eigenvalue weighted by Gasteiger charge is -2.19. The van der Waals surface area contributed by atoms with Gasteiger partial charge in [0.2, 0.25) is 0 Å². The van der Waals surface area contributed by atoms with Gasteiger partial charge in [0.1, 0.15) is 0 Å². The molecular formula is C13H22. The zero-order valence-corrected chi connectivity index (χ0v) is 9.86. The highest BCUT2D eigenvalue weighted by Crippen LogP contribution is 2.25. The van der Waals surface area contributed by atoms with Gasteiger partial charge in [-0.3, -0.25) is 0 Å². The van der Waals surface area contributed by atoms with Crippen LogP contribution in [0.3, 0.4) is 0 Å². The minimum Gasteiger partial charge on any atom is -0.0953 e. The van der Waals surface area contributed by atoms with Crippen LogP contribution < -0.4 is 0 Å². The highest BCUT2D eigenvalue weighted by molar-refractivity contribution is 5.31. The Morgan fingerprint density at radius 3 is 1.77 bits per heavy atom. The first-order valence-corrected chi connectivity index (χ1v) is 4.76. The minimum absolute atomic E-state index is 0.177. The molecular weight excluding hydrogens is 156 g/mol. The quantitative estimate of drug-likeness (QED) is 0.546. The Balaban J connectivity index is 4.60. The largest absolute Gasteiger partial charge is 0.0953 e. The Morgan fingerprint density at radius 1 is 1.00 bits per heavy atom. The van der Waals surface area contributed by atoms with Crippen molar-refractivity contribution in [2.45, 2.75) is 41.5 Å². The fraction of sp³-hybridized carbons (Fsp3) is 0.538. The molecule has 0 aromatic rings. The second-order valence-corrected chi connectivity index (χ2v) is 4.89. The number of allylic oxidation sites excluding steroid dienone is 5. The maximum atomic E-state index is 4.07. The molecule has 0 radical (unpaired) electrons. The van der Waals surface area contributed by atoms with E-state index in [0.717, 1.165) is 0 Å². The van der Waals surface area contributed by atoms with E-state index in [1.54, 1.807) is 0 Å². The second kappa shape index (κ2) is 4.45. The first-order valence-electron chi connectivity index (χ1n) is 4.76. The van der Waals surface area contributed by atoms with Gasteiger partial charge in [-0.15, -0.1) is 0 Å². The van der Waals surface area contributed by atoms with Crippen LogP contribution in [0.4, 0.5) is 0 Å². The summed E-state index contributed by atoms with van der Waals surface area (Å²) in [7, 11) is 0. The van der Waals surface area contributed by atoms with Crippen molar-refractivity contribution in [3.8, 4) is 0 Å². The van der Waals surface area contributed by atoms with Crippen LogP contribution in [0, 0.1) is 5.41 Å². The Bertz CT molecular complexity index is 240. The van der Waals surface area contributed by atoms with Crippen molar-refractivity contribution in [1.29, 1.82) is 0 Å². The molecule has 0 N–H and O–H groups in total. The smallest absolute Gasteiger partial charge is 0.0138 e. The van der Waals surface area contributed by atoms with Crippen LogP contribution in [0.2, 0.25) is 0 Å². The van der Waals surface area contributed by atoms with Gasteiger partial charge in [0.15, 0.2) is 0 Å². The lowest BCUT2D eigenvalue weighted by Crippen LogP contribution is -2.06. The van der Waals surface area contributed by atoms with Gasteiger partial charge in [-0.1, -0.05) is 50.6 Å². The average Bonchev–Trinajstić information content (AvgIpc) is 1.82. The van der Waals surface area contributed by atoms with Gasteiger partial charge < -0.3 is 0 Å². The molecule has 13 heavy (non-hydrogen) atoms. The van der Waals surface area contributed by atoms with E-state index in [-0.39, 0.29) is 5.41 Å². The van der Waals surface area contributed by atoms with Gasteiger partial charge >= 0.3 is 0 Å². The van der Waals surface area contributed by atoms with Gasteiger partial charge in [-0.05, 0) is 31.8 Å². The van der Waals surface area contributed by atoms with Gasteiger partial charge in [0, 0.05) is 0 Å². The average molecular weight is 178 g/mol. The molecule has 0 fully saturated rings. The molecule has 0 nitrogen and oxygen atoms in total. The van der Waals surface area contributed by atoms with Crippen molar-refractivity contribution in [3.05, 3.63) is 35.5 Å². The highest BCUT2D eigenvalue weighted by atomic mass is 14.2. The van der Waals surface area contributed by atoms with Crippen molar-refractivity contribution in [3.63, 3.8) is 0 Å². The van der Waals surface area contributed by atoms with Crippen LogP contribution in [0.25, 0.3) is 0 Å². The van der Waals surface area contributed by atoms with Gasteiger partial charge in [0.25, 0.3) is 0 Å². The molecule has 0 bridgehead atoms. The number of hydrogen-bond donors (Lipinski definition) is 0. The normalized spacial score (nSPS) is 12.6. The third-order valence-corrected chi connectivity index (χ3v) is 1.88. The van der Waals surface area contributed by atoms with Crippen LogP contribution in [-0.2, 0) is 0 Å². The summed E-state index contributed by atoms with van der Waals surface area (Å²) in [6.45, 7) is 16.9. The van der Waals surface area contributed by atoms with Crippen molar-refractivity contribution in [2.24, 2.45) is 5.41 Å². The number of hydrogen-bond acceptors (Lipinski definition) is 0. The summed E-state index contributed by atoms with van der Waals surface area (Å²) in [6, 6.07) is 0. The van der Waals surface area contributed by atoms with Gasteiger partial charge in [-0.2, -0.15) is 0 Å². The third-order valence-electron chi connectivity index (χ3n) is 1.88. The van der Waals surface area contributed by atoms with E-state index in [9.17, 15) is 0 Å². The zero-order chi connectivity index (χ0) is 10.6. The fourth-order valence-electron chi connectivity index (χ4n) is 0.988. The van der Waals surface area contributed by atoms with Crippen LogP contribution in [0.15, 0.2) is 35.5 Å². The number of rotatable bonds is 2. The first-order chi connectivity index (χ1) is 5.73. The van der Waals surface area contributed by atoms with Crippen LogP contribution in [0.5, 0.6) is 0 Å². The summed E-state index contributed by atoms with van der Waals surface area (Å²) < 4.78 is 0. The molecule has 0 aliphatic rings. The molecule has 0 spiro atoms. The van der Waals surface area contributed by atoms with E-state index in [0.29, 0.717) is 0 Å². The predicted molar refractivity (Wildman–Crippen MR) is 61.8 cm³/mol. The van der Waals surface area contributed by atoms with Crippen molar-refractivity contribution < 1.29 is 0 Å². The molecule has 0 unspecified atom stereocenters. The van der Waals surface area contributed by atoms with Crippen molar-refractivity contribution in [1.82, 2.24) is 0 Å². The van der Waals surface area contributed by atoms with Crippen molar-refractivity contribution in [2.75, 3.05) is 0 Å². The van der Waals surface area contributed by atoms with Crippen LogP contribution in [0.1, 0.15) is 41.5 Å². The van der Waals surface area contributed by atoms with E-state index in [4.69, 9.17) is 0 Å². The Kier molecular flexibility index (Phi) is 4.19. The molecule has 0 rings (SSSR count). The molecule has 0 heteroatoms. The predicted octanol–water partition coefficient (Wildman–Crippen LogP) is 4.50. The molecule has 0 amide bonds. The lowest BCUT2D eigenvalue weighted by molar-refractivity contribution is 0.518. The van der Waals surface area contributed by atoms with E-state index in [1.165, 1.54) is 16.7 Å². The zero-order valence-electron chi connectivity index (χ0n) is 9.86. The molecule has 74 valence electrons. The summed E-state index contributed by atoms with van der Waals surface area (Å²) >= 11 is 0. The highest BCUT2D eigenvalue weighted by Gasteiger charge is 2.11. The van der Waals surface area contributed by atoms with Crippen LogP contribution >= 0.6 is 0 Å². The molecule has 0 aromatic carbocycles. The SMILES string of the molecule is C=C(/C=C(/C)C=C(C)C)C(C)(C)C. The standard InChI is InChI=1S/C13H22/c1-10(2)8-11(3)9-12(4)13(5,6)7/h8-9H,4H2,1-3,5-7H3/b11-9-. The minimum atomic E-state index is 0.177.